The number of ketones is 1. The Bertz CT molecular complexity index is 516. The molecule has 0 atom stereocenters. The predicted octanol–water partition coefficient (Wildman–Crippen LogP) is 3.05. The molecule has 1 aromatic heterocycles. The highest BCUT2D eigenvalue weighted by molar-refractivity contribution is 6.30. The molecule has 4 heteroatoms. The van der Waals surface area contributed by atoms with E-state index in [9.17, 15) is 4.79 Å². The van der Waals surface area contributed by atoms with Crippen molar-refractivity contribution in [1.29, 1.82) is 0 Å². The molecule has 0 spiro atoms. The summed E-state index contributed by atoms with van der Waals surface area (Å²) in [5, 5.41) is 7.56. The Kier molecular flexibility index (Phi) is 3.59. The lowest BCUT2D eigenvalue weighted by molar-refractivity contribution is 0.101. The zero-order valence-corrected chi connectivity index (χ0v) is 10.3. The lowest BCUT2D eigenvalue weighted by atomic mass is 10.1. The highest BCUT2D eigenvalue weighted by Crippen LogP contribution is 2.12. The molecule has 1 aromatic carbocycles. The van der Waals surface area contributed by atoms with Gasteiger partial charge < -0.3 is 0 Å². The third-order valence-corrected chi connectivity index (χ3v) is 2.84. The van der Waals surface area contributed by atoms with E-state index >= 15 is 0 Å². The van der Waals surface area contributed by atoms with Gasteiger partial charge in [-0.05, 0) is 36.6 Å². The van der Waals surface area contributed by atoms with Crippen molar-refractivity contribution in [1.82, 2.24) is 10.2 Å². The van der Waals surface area contributed by atoms with Crippen molar-refractivity contribution >= 4 is 17.4 Å². The van der Waals surface area contributed by atoms with Crippen molar-refractivity contribution in [3.05, 3.63) is 52.3 Å². The van der Waals surface area contributed by atoms with Gasteiger partial charge in [-0.3, -0.25) is 9.89 Å². The topological polar surface area (TPSA) is 45.8 Å². The Morgan fingerprint density at radius 1 is 1.29 bits per heavy atom. The van der Waals surface area contributed by atoms with Gasteiger partial charge >= 0.3 is 0 Å². The Hall–Kier alpha value is -1.61. The van der Waals surface area contributed by atoms with E-state index in [4.69, 9.17) is 11.6 Å². The normalized spacial score (nSPS) is 10.5. The van der Waals surface area contributed by atoms with Gasteiger partial charge in [-0.2, -0.15) is 5.10 Å². The van der Waals surface area contributed by atoms with Crippen molar-refractivity contribution in [3.8, 4) is 0 Å². The molecule has 0 fully saturated rings. The molecule has 17 heavy (non-hydrogen) atoms. The van der Waals surface area contributed by atoms with Crippen LogP contribution in [0.2, 0.25) is 5.02 Å². The van der Waals surface area contributed by atoms with E-state index in [1.807, 2.05) is 24.3 Å². The number of carbonyl (C=O) groups excluding carboxylic acids is 1. The number of H-pyrrole nitrogens is 1. The molecule has 0 aliphatic heterocycles. The molecule has 2 rings (SSSR count). The Morgan fingerprint density at radius 3 is 2.59 bits per heavy atom. The fourth-order valence-electron chi connectivity index (χ4n) is 1.60. The quantitative estimate of drug-likeness (QED) is 0.846. The van der Waals surface area contributed by atoms with Crippen LogP contribution in [0.4, 0.5) is 0 Å². The van der Waals surface area contributed by atoms with E-state index < -0.39 is 0 Å². The van der Waals surface area contributed by atoms with Crippen LogP contribution in [0, 0.1) is 0 Å². The summed E-state index contributed by atoms with van der Waals surface area (Å²) < 4.78 is 0. The van der Waals surface area contributed by atoms with Gasteiger partial charge in [-0.15, -0.1) is 0 Å². The summed E-state index contributed by atoms with van der Waals surface area (Å²) in [7, 11) is 0. The van der Waals surface area contributed by atoms with Crippen molar-refractivity contribution in [2.45, 2.75) is 19.8 Å². The second-order valence-electron chi connectivity index (χ2n) is 3.96. The minimum absolute atomic E-state index is 0.0148. The summed E-state index contributed by atoms with van der Waals surface area (Å²) in [6.45, 7) is 1.51. The number of nitrogens with zero attached hydrogens (tertiary/aromatic N) is 1. The number of aryl methyl sites for hydroxylation is 2. The van der Waals surface area contributed by atoms with Crippen LogP contribution in [0.1, 0.15) is 28.7 Å². The number of hydrogen-bond donors (Lipinski definition) is 1. The molecule has 0 saturated carbocycles. The van der Waals surface area contributed by atoms with Gasteiger partial charge in [0.05, 0.1) is 0 Å². The molecule has 1 N–H and O–H groups in total. The molecule has 88 valence electrons. The minimum atomic E-state index is -0.0148. The average molecular weight is 249 g/mol. The number of halogens is 1. The van der Waals surface area contributed by atoms with Gasteiger partial charge in [0.15, 0.2) is 5.78 Å². The molecule has 0 unspecified atom stereocenters. The summed E-state index contributed by atoms with van der Waals surface area (Å²) >= 11 is 5.81. The molecule has 0 aliphatic carbocycles. The van der Waals surface area contributed by atoms with Crippen LogP contribution in [-0.4, -0.2) is 16.0 Å². The van der Waals surface area contributed by atoms with Gasteiger partial charge in [0.2, 0.25) is 0 Å². The molecule has 2 aromatic rings. The van der Waals surface area contributed by atoms with Crippen molar-refractivity contribution in [2.24, 2.45) is 0 Å². The van der Waals surface area contributed by atoms with Gasteiger partial charge in [0.25, 0.3) is 0 Å². The molecule has 0 amide bonds. The zero-order chi connectivity index (χ0) is 12.3. The lowest BCUT2D eigenvalue weighted by Crippen LogP contribution is -1.91. The van der Waals surface area contributed by atoms with Crippen molar-refractivity contribution in [3.63, 3.8) is 0 Å². The van der Waals surface area contributed by atoms with Crippen molar-refractivity contribution in [2.75, 3.05) is 0 Å². The van der Waals surface area contributed by atoms with Crippen LogP contribution in [0.15, 0.2) is 30.3 Å². The second kappa shape index (κ2) is 5.15. The fourth-order valence-corrected chi connectivity index (χ4v) is 1.73. The molecular formula is C13H13ClN2O. The number of benzene rings is 1. The number of nitrogens with one attached hydrogen (secondary N) is 1. The van der Waals surface area contributed by atoms with Crippen LogP contribution in [0.25, 0.3) is 0 Å². The van der Waals surface area contributed by atoms with Crippen LogP contribution in [0.5, 0.6) is 0 Å². The second-order valence-corrected chi connectivity index (χ2v) is 4.40. The summed E-state index contributed by atoms with van der Waals surface area (Å²) in [5.74, 6) is -0.0148. The van der Waals surface area contributed by atoms with E-state index in [-0.39, 0.29) is 5.78 Å². The number of aromatic amines is 1. The SMILES string of the molecule is CC(=O)c1cc(CCc2ccc(Cl)cc2)[nH]n1. The fraction of sp³-hybridized carbons (Fsp3) is 0.231. The number of carbonyl (C=O) groups is 1. The van der Waals surface area contributed by atoms with Crippen LogP contribution in [-0.2, 0) is 12.8 Å². The Labute approximate surface area is 105 Å². The number of Topliss-reactive ketones (excluding diaryl/α,β-unsaturated/α-hetero) is 1. The number of aromatic nitrogens is 2. The molecule has 0 saturated heterocycles. The van der Waals surface area contributed by atoms with Crippen LogP contribution < -0.4 is 0 Å². The lowest BCUT2D eigenvalue weighted by Gasteiger charge is -1.99. The van der Waals surface area contributed by atoms with E-state index in [1.165, 1.54) is 12.5 Å². The number of hydrogen-bond acceptors (Lipinski definition) is 2. The maximum absolute atomic E-state index is 11.1. The molecule has 1 heterocycles. The number of rotatable bonds is 4. The van der Waals surface area contributed by atoms with E-state index in [0.29, 0.717) is 5.69 Å². The first-order chi connectivity index (χ1) is 8.15. The smallest absolute Gasteiger partial charge is 0.179 e. The Morgan fingerprint density at radius 2 is 2.00 bits per heavy atom. The largest absolute Gasteiger partial charge is 0.293 e. The first kappa shape index (κ1) is 11.9. The predicted molar refractivity (Wildman–Crippen MR) is 67.5 cm³/mol. The first-order valence-corrected chi connectivity index (χ1v) is 5.82. The van der Waals surface area contributed by atoms with Gasteiger partial charge in [-0.1, -0.05) is 23.7 Å². The van der Waals surface area contributed by atoms with Crippen LogP contribution >= 0.6 is 11.6 Å². The van der Waals surface area contributed by atoms with E-state index in [1.54, 1.807) is 6.07 Å². The van der Waals surface area contributed by atoms with Gasteiger partial charge in [0, 0.05) is 17.6 Å². The summed E-state index contributed by atoms with van der Waals surface area (Å²) in [6, 6.07) is 9.57. The summed E-state index contributed by atoms with van der Waals surface area (Å²) in [4.78, 5) is 11.1. The zero-order valence-electron chi connectivity index (χ0n) is 9.53. The van der Waals surface area contributed by atoms with Crippen LogP contribution in [0.3, 0.4) is 0 Å². The standard InChI is InChI=1S/C13H13ClN2O/c1-9(17)13-8-12(15-16-13)7-4-10-2-5-11(14)6-3-10/h2-3,5-6,8H,4,7H2,1H3,(H,15,16). The first-order valence-electron chi connectivity index (χ1n) is 5.45. The highest BCUT2D eigenvalue weighted by atomic mass is 35.5. The molecule has 0 bridgehead atoms. The van der Waals surface area contributed by atoms with Gasteiger partial charge in [0.1, 0.15) is 5.69 Å². The summed E-state index contributed by atoms with van der Waals surface area (Å²) in [6.07, 6.45) is 1.73. The maximum Gasteiger partial charge on any atom is 0.179 e. The third kappa shape index (κ3) is 3.17. The molecule has 0 radical (unpaired) electrons. The summed E-state index contributed by atoms with van der Waals surface area (Å²) in [5.41, 5.74) is 2.69. The highest BCUT2D eigenvalue weighted by Gasteiger charge is 2.05. The average Bonchev–Trinajstić information content (AvgIpc) is 2.77. The van der Waals surface area contributed by atoms with E-state index in [2.05, 4.69) is 10.2 Å². The Balaban J connectivity index is 1.97. The molecule has 3 nitrogen and oxygen atoms in total. The van der Waals surface area contributed by atoms with Crippen molar-refractivity contribution < 1.29 is 4.79 Å². The maximum atomic E-state index is 11.1. The molecule has 0 aliphatic rings. The van der Waals surface area contributed by atoms with Gasteiger partial charge in [-0.25, -0.2) is 0 Å². The minimum Gasteiger partial charge on any atom is -0.293 e. The molecular weight excluding hydrogens is 236 g/mol. The monoisotopic (exact) mass is 248 g/mol. The third-order valence-electron chi connectivity index (χ3n) is 2.59. The van der Waals surface area contributed by atoms with E-state index in [0.717, 1.165) is 23.6 Å².